The number of ether oxygens (including phenoxy) is 4. The molecule has 2 saturated heterocycles. The normalized spacial score (nSPS) is 39.9. The Balaban J connectivity index is 2.34. The van der Waals surface area contributed by atoms with Crippen LogP contribution in [0.1, 0.15) is 27.7 Å². The van der Waals surface area contributed by atoms with Crippen LogP contribution in [0.4, 0.5) is 0 Å². The summed E-state index contributed by atoms with van der Waals surface area (Å²) in [5.41, 5.74) is -1.14. The second kappa shape index (κ2) is 5.83. The largest absolute Gasteiger partial charge is 0.385 e. The van der Waals surface area contributed by atoms with E-state index < -0.39 is 43.6 Å². The van der Waals surface area contributed by atoms with E-state index in [4.69, 9.17) is 25.4 Å². The fourth-order valence-corrected chi connectivity index (χ4v) is 5.55. The quantitative estimate of drug-likeness (QED) is 0.630. The van der Waals surface area contributed by atoms with Crippen LogP contribution in [0, 0.1) is 12.3 Å². The van der Waals surface area contributed by atoms with E-state index in [-0.39, 0.29) is 6.61 Å². The van der Waals surface area contributed by atoms with Crippen LogP contribution in [-0.2, 0) is 18.9 Å². The molecule has 1 N–H and O–H groups in total. The Morgan fingerprint density at radius 2 is 1.70 bits per heavy atom. The van der Waals surface area contributed by atoms with Gasteiger partial charge in [-0.05, 0) is 33.7 Å². The molecule has 2 aliphatic rings. The summed E-state index contributed by atoms with van der Waals surface area (Å²) in [4.78, 5) is 0. The van der Waals surface area contributed by atoms with Crippen LogP contribution >= 0.6 is 0 Å². The lowest BCUT2D eigenvalue weighted by molar-refractivity contribution is -0.347. The molecular formula is C17H30O5Si. The highest BCUT2D eigenvalue weighted by molar-refractivity contribution is 6.76. The summed E-state index contributed by atoms with van der Waals surface area (Å²) in [7, 11) is -1.58. The molecule has 2 fully saturated rings. The predicted molar refractivity (Wildman–Crippen MR) is 90.7 cm³/mol. The van der Waals surface area contributed by atoms with Crippen LogP contribution < -0.4 is 0 Å². The molecule has 132 valence electrons. The third kappa shape index (κ3) is 4.35. The average Bonchev–Trinajstić information content (AvgIpc) is 2.66. The smallest absolute Gasteiger partial charge is 0.165 e. The van der Waals surface area contributed by atoms with Crippen molar-refractivity contribution in [2.75, 3.05) is 6.61 Å². The van der Waals surface area contributed by atoms with Gasteiger partial charge in [0, 0.05) is 8.07 Å². The van der Waals surface area contributed by atoms with E-state index in [0.717, 1.165) is 0 Å². The summed E-state index contributed by atoms with van der Waals surface area (Å²) < 4.78 is 23.6. The standard InChI is InChI=1S/C17H30O5Si/c1-9-12-13(21-16(4,5)20-12)14-17(18,11-23(6,7)8)10-19-15(2,3)22-14/h1,12-14,18H,10-11H2,2-8H3/t12-,13-,14+,17?/m1/s1. The summed E-state index contributed by atoms with van der Waals surface area (Å²) in [5, 5.41) is 11.3. The van der Waals surface area contributed by atoms with Crippen molar-refractivity contribution in [1.29, 1.82) is 0 Å². The van der Waals surface area contributed by atoms with Crippen LogP contribution in [0.2, 0.25) is 25.7 Å². The van der Waals surface area contributed by atoms with Crippen molar-refractivity contribution >= 4 is 8.07 Å². The van der Waals surface area contributed by atoms with Gasteiger partial charge in [-0.25, -0.2) is 0 Å². The first-order chi connectivity index (χ1) is 10.3. The minimum Gasteiger partial charge on any atom is -0.385 e. The SMILES string of the molecule is C#C[C@H]1OC(C)(C)O[C@H]1[C@@H]1OC(C)(C)OCC1(O)C[Si](C)(C)C. The van der Waals surface area contributed by atoms with Gasteiger partial charge in [-0.1, -0.05) is 25.6 Å². The maximum atomic E-state index is 11.3. The molecule has 0 aromatic heterocycles. The lowest BCUT2D eigenvalue weighted by atomic mass is 9.90. The van der Waals surface area contributed by atoms with Gasteiger partial charge in [0.1, 0.15) is 23.9 Å². The highest BCUT2D eigenvalue weighted by Gasteiger charge is 2.57. The van der Waals surface area contributed by atoms with Crippen molar-refractivity contribution < 1.29 is 24.1 Å². The molecule has 2 rings (SSSR count). The van der Waals surface area contributed by atoms with Gasteiger partial charge in [-0.15, -0.1) is 6.42 Å². The first-order valence-electron chi connectivity index (χ1n) is 8.13. The molecule has 0 saturated carbocycles. The minimum atomic E-state index is -1.58. The highest BCUT2D eigenvalue weighted by Crippen LogP contribution is 2.41. The maximum Gasteiger partial charge on any atom is 0.165 e. The molecule has 23 heavy (non-hydrogen) atoms. The van der Waals surface area contributed by atoms with Gasteiger partial charge in [0.25, 0.3) is 0 Å². The van der Waals surface area contributed by atoms with E-state index in [1.165, 1.54) is 0 Å². The molecule has 0 aromatic carbocycles. The van der Waals surface area contributed by atoms with E-state index in [9.17, 15) is 5.11 Å². The van der Waals surface area contributed by atoms with Crippen LogP contribution in [0.5, 0.6) is 0 Å². The molecule has 0 bridgehead atoms. The molecule has 0 amide bonds. The van der Waals surface area contributed by atoms with E-state index in [1.807, 2.05) is 27.7 Å². The number of terminal acetylenes is 1. The van der Waals surface area contributed by atoms with Crippen molar-refractivity contribution in [2.45, 2.75) is 88.9 Å². The first-order valence-corrected chi connectivity index (χ1v) is 11.8. The third-order valence-corrected chi connectivity index (χ3v) is 5.71. The van der Waals surface area contributed by atoms with Gasteiger partial charge in [-0.3, -0.25) is 0 Å². The van der Waals surface area contributed by atoms with Crippen LogP contribution in [0.25, 0.3) is 0 Å². The van der Waals surface area contributed by atoms with Crippen LogP contribution in [0.15, 0.2) is 0 Å². The van der Waals surface area contributed by atoms with Gasteiger partial charge in [0.2, 0.25) is 0 Å². The highest BCUT2D eigenvalue weighted by atomic mass is 28.3. The van der Waals surface area contributed by atoms with Crippen molar-refractivity contribution in [2.24, 2.45) is 0 Å². The Morgan fingerprint density at radius 3 is 2.22 bits per heavy atom. The minimum absolute atomic E-state index is 0.201. The van der Waals surface area contributed by atoms with E-state index in [1.54, 1.807) is 0 Å². The van der Waals surface area contributed by atoms with Gasteiger partial charge in [-0.2, -0.15) is 0 Å². The number of aliphatic hydroxyl groups is 1. The van der Waals surface area contributed by atoms with Gasteiger partial charge in [0.15, 0.2) is 11.6 Å². The monoisotopic (exact) mass is 342 g/mol. The molecule has 2 aliphatic heterocycles. The summed E-state index contributed by atoms with van der Waals surface area (Å²) in [6, 6.07) is 0.637. The maximum absolute atomic E-state index is 11.3. The lowest BCUT2D eigenvalue weighted by Gasteiger charge is -2.49. The second-order valence-corrected chi connectivity index (χ2v) is 14.2. The zero-order valence-corrected chi connectivity index (χ0v) is 16.3. The van der Waals surface area contributed by atoms with Crippen LogP contribution in [-0.4, -0.2) is 55.3 Å². The molecule has 5 nitrogen and oxygen atoms in total. The second-order valence-electron chi connectivity index (χ2n) is 8.76. The average molecular weight is 343 g/mol. The lowest BCUT2D eigenvalue weighted by Crippen LogP contribution is -2.64. The fraction of sp³-hybridized carbons (Fsp3) is 0.882. The van der Waals surface area contributed by atoms with E-state index >= 15 is 0 Å². The van der Waals surface area contributed by atoms with Crippen molar-refractivity contribution in [3.8, 4) is 12.3 Å². The zero-order chi connectivity index (χ0) is 17.7. The van der Waals surface area contributed by atoms with Crippen molar-refractivity contribution in [1.82, 2.24) is 0 Å². The van der Waals surface area contributed by atoms with E-state index in [0.29, 0.717) is 6.04 Å². The fourth-order valence-electron chi connectivity index (χ4n) is 3.41. The van der Waals surface area contributed by atoms with Crippen molar-refractivity contribution in [3.05, 3.63) is 0 Å². The molecule has 6 heteroatoms. The van der Waals surface area contributed by atoms with Gasteiger partial charge >= 0.3 is 0 Å². The van der Waals surface area contributed by atoms with Crippen LogP contribution in [0.3, 0.4) is 0 Å². The number of hydrogen-bond acceptors (Lipinski definition) is 5. The molecular weight excluding hydrogens is 312 g/mol. The number of hydrogen-bond donors (Lipinski definition) is 1. The zero-order valence-electron chi connectivity index (χ0n) is 15.3. The Kier molecular flexibility index (Phi) is 4.80. The summed E-state index contributed by atoms with van der Waals surface area (Å²) >= 11 is 0. The third-order valence-electron chi connectivity index (χ3n) is 4.04. The Morgan fingerprint density at radius 1 is 1.09 bits per heavy atom. The number of rotatable bonds is 3. The topological polar surface area (TPSA) is 57.2 Å². The molecule has 0 aliphatic carbocycles. The van der Waals surface area contributed by atoms with E-state index in [2.05, 4.69) is 25.6 Å². The Labute approximate surface area is 140 Å². The molecule has 0 aromatic rings. The van der Waals surface area contributed by atoms with Gasteiger partial charge in [0.05, 0.1) is 6.61 Å². The Hall–Kier alpha value is -0.423. The summed E-state index contributed by atoms with van der Waals surface area (Å²) in [6.07, 6.45) is 3.94. The molecule has 4 atom stereocenters. The Bertz CT molecular complexity index is 490. The summed E-state index contributed by atoms with van der Waals surface area (Å²) in [5.74, 6) is 1.03. The predicted octanol–water partition coefficient (Wildman–Crippen LogP) is 2.36. The first kappa shape index (κ1) is 18.9. The van der Waals surface area contributed by atoms with Crippen molar-refractivity contribution in [3.63, 3.8) is 0 Å². The summed E-state index contributed by atoms with van der Waals surface area (Å²) in [6.45, 7) is 14.1. The molecule has 1 unspecified atom stereocenters. The van der Waals surface area contributed by atoms with Gasteiger partial charge < -0.3 is 24.1 Å². The molecule has 2 heterocycles. The molecule has 0 spiro atoms. The molecule has 0 radical (unpaired) electrons.